The molecule has 0 aliphatic heterocycles. The van der Waals surface area contributed by atoms with Gasteiger partial charge in [-0.1, -0.05) is 33.8 Å². The summed E-state index contributed by atoms with van der Waals surface area (Å²) < 4.78 is 2.31. The molecule has 1 aromatic heterocycles. The Morgan fingerprint density at radius 1 is 1.47 bits per heavy atom. The van der Waals surface area contributed by atoms with Crippen molar-refractivity contribution >= 4 is 27.7 Å². The van der Waals surface area contributed by atoms with E-state index in [-0.39, 0.29) is 0 Å². The van der Waals surface area contributed by atoms with Crippen LogP contribution in [0.2, 0.25) is 0 Å². The Morgan fingerprint density at radius 2 is 2.21 bits per heavy atom. The number of nitrogens with one attached hydrogen (secondary N) is 1. The first kappa shape index (κ1) is 14.0. The number of aromatic amines is 1. The molecule has 6 nitrogen and oxygen atoms in total. The van der Waals surface area contributed by atoms with E-state index in [0.717, 1.165) is 14.9 Å². The minimum absolute atomic E-state index is 0.414. The second kappa shape index (κ2) is 5.72. The van der Waals surface area contributed by atoms with Crippen molar-refractivity contribution in [3.63, 3.8) is 0 Å². The summed E-state index contributed by atoms with van der Waals surface area (Å²) in [6, 6.07) is 5.68. The van der Waals surface area contributed by atoms with Crippen molar-refractivity contribution in [3.05, 3.63) is 48.9 Å². The molecule has 0 spiro atoms. The molecule has 0 unspecified atom stereocenters. The van der Waals surface area contributed by atoms with Gasteiger partial charge in [0.2, 0.25) is 0 Å². The van der Waals surface area contributed by atoms with Gasteiger partial charge in [0, 0.05) is 23.0 Å². The fourth-order valence-electron chi connectivity index (χ4n) is 1.41. The largest absolute Gasteiger partial charge is 0.339 e. The minimum atomic E-state index is -0.793. The second-order valence-corrected chi connectivity index (χ2v) is 5.65. The van der Waals surface area contributed by atoms with Crippen LogP contribution in [0.3, 0.4) is 0 Å². The van der Waals surface area contributed by atoms with E-state index in [1.54, 1.807) is 7.05 Å². The van der Waals surface area contributed by atoms with E-state index < -0.39 is 11.1 Å². The van der Waals surface area contributed by atoms with E-state index in [9.17, 15) is 9.59 Å². The number of rotatable bonds is 3. The van der Waals surface area contributed by atoms with E-state index in [1.807, 2.05) is 18.2 Å². The Balaban J connectivity index is 2.36. The number of aryl methyl sites for hydroxylation is 1. The highest BCUT2D eigenvalue weighted by Gasteiger charge is 2.07. The third-order valence-corrected chi connectivity index (χ3v) is 4.18. The van der Waals surface area contributed by atoms with Crippen molar-refractivity contribution < 1.29 is 0 Å². The first-order valence-corrected chi connectivity index (χ1v) is 6.96. The smallest absolute Gasteiger partial charge is 0.326 e. The van der Waals surface area contributed by atoms with Crippen LogP contribution in [0.25, 0.3) is 0 Å². The molecule has 0 aliphatic carbocycles. The monoisotopic (exact) mass is 342 g/mol. The van der Waals surface area contributed by atoms with Gasteiger partial charge in [0.15, 0.2) is 5.16 Å². The average molecular weight is 343 g/mol. The maximum atomic E-state index is 11.2. The number of aromatic nitrogens is 3. The summed E-state index contributed by atoms with van der Waals surface area (Å²) >= 11 is 4.71. The molecule has 1 heterocycles. The molecule has 100 valence electrons. The van der Waals surface area contributed by atoms with Crippen LogP contribution in [0.15, 0.2) is 42.3 Å². The van der Waals surface area contributed by atoms with E-state index in [2.05, 4.69) is 26.0 Å². The lowest BCUT2D eigenvalue weighted by atomic mass is 10.2. The quantitative estimate of drug-likeness (QED) is 0.806. The Morgan fingerprint density at radius 3 is 2.84 bits per heavy atom. The third kappa shape index (κ3) is 3.14. The van der Waals surface area contributed by atoms with E-state index in [4.69, 9.17) is 5.73 Å². The lowest BCUT2D eigenvalue weighted by Crippen LogP contribution is -2.33. The lowest BCUT2D eigenvalue weighted by Gasteiger charge is -2.07. The number of hydrogen-bond acceptors (Lipinski definition) is 5. The van der Waals surface area contributed by atoms with E-state index >= 15 is 0 Å². The second-order valence-electron chi connectivity index (χ2n) is 3.76. The summed E-state index contributed by atoms with van der Waals surface area (Å²) in [5.74, 6) is 0. The molecule has 0 bridgehead atoms. The fourth-order valence-corrected chi connectivity index (χ4v) is 2.94. The fraction of sp³-hybridized carbons (Fsp3) is 0.182. The molecular formula is C11H11BrN4O2S. The van der Waals surface area contributed by atoms with Crippen molar-refractivity contribution in [3.8, 4) is 0 Å². The average Bonchev–Trinajstić information content (AvgIpc) is 2.36. The standard InChI is InChI=1S/C11H11BrN4O2S/c1-16-11(14-9(17)10(18)15-16)19-7-3-2-6(5-13)8(12)4-7/h2-4H,5,13H2,1H3,(H,15,18). The maximum absolute atomic E-state index is 11.2. The van der Waals surface area contributed by atoms with E-state index in [0.29, 0.717) is 11.7 Å². The summed E-state index contributed by atoms with van der Waals surface area (Å²) in [6.45, 7) is 0.445. The molecule has 0 saturated heterocycles. The number of benzene rings is 1. The van der Waals surface area contributed by atoms with Gasteiger partial charge in [0.25, 0.3) is 0 Å². The molecule has 0 fully saturated rings. The summed E-state index contributed by atoms with van der Waals surface area (Å²) in [5, 5.41) is 2.81. The Bertz CT molecular complexity index is 725. The highest BCUT2D eigenvalue weighted by Crippen LogP contribution is 2.28. The van der Waals surface area contributed by atoms with Crippen molar-refractivity contribution in [1.29, 1.82) is 0 Å². The van der Waals surface area contributed by atoms with Gasteiger partial charge in [-0.2, -0.15) is 4.98 Å². The SMILES string of the molecule is Cn1[nH]c(=O)c(=O)nc1Sc1ccc(CN)c(Br)c1. The van der Waals surface area contributed by atoms with Crippen molar-refractivity contribution in [2.24, 2.45) is 12.8 Å². The van der Waals surface area contributed by atoms with Gasteiger partial charge in [0.1, 0.15) is 0 Å². The zero-order valence-electron chi connectivity index (χ0n) is 10.0. The van der Waals surface area contributed by atoms with Gasteiger partial charge in [-0.15, -0.1) is 0 Å². The summed E-state index contributed by atoms with van der Waals surface area (Å²) in [6.07, 6.45) is 0. The predicted molar refractivity (Wildman–Crippen MR) is 76.3 cm³/mol. The minimum Gasteiger partial charge on any atom is -0.326 e. The maximum Gasteiger partial charge on any atom is 0.339 e. The van der Waals surface area contributed by atoms with Gasteiger partial charge in [-0.05, 0) is 17.7 Å². The molecule has 8 heteroatoms. The van der Waals surface area contributed by atoms with Crippen LogP contribution in [-0.2, 0) is 13.6 Å². The van der Waals surface area contributed by atoms with Crippen LogP contribution < -0.4 is 16.9 Å². The molecular weight excluding hydrogens is 332 g/mol. The van der Waals surface area contributed by atoms with Gasteiger partial charge >= 0.3 is 11.1 Å². The molecule has 1 aromatic carbocycles. The molecule has 0 aliphatic rings. The van der Waals surface area contributed by atoms with Crippen molar-refractivity contribution in [1.82, 2.24) is 14.8 Å². The van der Waals surface area contributed by atoms with Gasteiger partial charge in [-0.25, -0.2) is 0 Å². The molecule has 2 aromatic rings. The lowest BCUT2D eigenvalue weighted by molar-refractivity contribution is 0.596. The van der Waals surface area contributed by atoms with Gasteiger partial charge < -0.3 is 5.73 Å². The topological polar surface area (TPSA) is 93.8 Å². The molecule has 19 heavy (non-hydrogen) atoms. The number of halogens is 1. The van der Waals surface area contributed by atoms with Gasteiger partial charge in [0.05, 0.1) is 0 Å². The summed E-state index contributed by atoms with van der Waals surface area (Å²) in [7, 11) is 1.62. The zero-order valence-corrected chi connectivity index (χ0v) is 12.4. The molecule has 0 atom stereocenters. The Labute approximate surface area is 121 Å². The van der Waals surface area contributed by atoms with Gasteiger partial charge in [-0.3, -0.25) is 19.4 Å². The van der Waals surface area contributed by atoms with Crippen LogP contribution in [0.1, 0.15) is 5.56 Å². The van der Waals surface area contributed by atoms with Crippen molar-refractivity contribution in [2.75, 3.05) is 0 Å². The number of nitrogens with two attached hydrogens (primary N) is 1. The first-order valence-electron chi connectivity index (χ1n) is 5.35. The first-order chi connectivity index (χ1) is 9.01. The molecule has 0 radical (unpaired) electrons. The van der Waals surface area contributed by atoms with Crippen LogP contribution in [0, 0.1) is 0 Å². The summed E-state index contributed by atoms with van der Waals surface area (Å²) in [5.41, 5.74) is 5.05. The third-order valence-electron chi connectivity index (χ3n) is 2.40. The predicted octanol–water partition coefficient (Wildman–Crippen LogP) is 0.841. The normalized spacial score (nSPS) is 10.7. The number of hydrogen-bond donors (Lipinski definition) is 2. The van der Waals surface area contributed by atoms with E-state index in [1.165, 1.54) is 16.4 Å². The number of nitrogens with zero attached hydrogens (tertiary/aromatic N) is 2. The highest BCUT2D eigenvalue weighted by atomic mass is 79.9. The molecule has 3 N–H and O–H groups in total. The zero-order chi connectivity index (χ0) is 14.0. The van der Waals surface area contributed by atoms with Crippen LogP contribution in [-0.4, -0.2) is 14.8 Å². The Kier molecular flexibility index (Phi) is 4.23. The summed E-state index contributed by atoms with van der Waals surface area (Å²) in [4.78, 5) is 27.0. The van der Waals surface area contributed by atoms with Crippen LogP contribution >= 0.6 is 27.7 Å². The van der Waals surface area contributed by atoms with Crippen LogP contribution in [0.4, 0.5) is 0 Å². The molecule has 2 rings (SSSR count). The Hall–Kier alpha value is -1.38. The van der Waals surface area contributed by atoms with Crippen LogP contribution in [0.5, 0.6) is 0 Å². The molecule has 0 amide bonds. The highest BCUT2D eigenvalue weighted by molar-refractivity contribution is 9.10. The van der Waals surface area contributed by atoms with Crippen molar-refractivity contribution in [2.45, 2.75) is 16.6 Å². The molecule has 0 saturated carbocycles. The number of H-pyrrole nitrogens is 1.